The maximum absolute atomic E-state index is 5.60. The van der Waals surface area contributed by atoms with Crippen molar-refractivity contribution in [2.24, 2.45) is 5.73 Å². The van der Waals surface area contributed by atoms with Gasteiger partial charge in [-0.1, -0.05) is 18.7 Å². The van der Waals surface area contributed by atoms with E-state index >= 15 is 0 Å². The van der Waals surface area contributed by atoms with Crippen LogP contribution in [0.1, 0.15) is 18.1 Å². The second-order valence-corrected chi connectivity index (χ2v) is 5.59. The molecule has 86 valence electrons. The molecule has 4 heteroatoms. The van der Waals surface area contributed by atoms with Crippen LogP contribution in [0.3, 0.4) is 0 Å². The predicted octanol–water partition coefficient (Wildman–Crippen LogP) is 2.62. The maximum Gasteiger partial charge on any atom is 0.166 e. The van der Waals surface area contributed by atoms with Gasteiger partial charge in [-0.2, -0.15) is 0 Å². The number of nitrogens with one attached hydrogen (secondary N) is 1. The molecule has 1 atom stereocenters. The van der Waals surface area contributed by atoms with Crippen molar-refractivity contribution < 1.29 is 0 Å². The van der Waals surface area contributed by atoms with Crippen LogP contribution in [-0.4, -0.2) is 21.8 Å². The lowest BCUT2D eigenvalue weighted by Crippen LogP contribution is -2.12. The molecule has 1 aromatic carbocycles. The number of aryl methyl sites for hydroxylation is 2. The first-order valence-electron chi connectivity index (χ1n) is 5.44. The van der Waals surface area contributed by atoms with E-state index in [-0.39, 0.29) is 0 Å². The highest BCUT2D eigenvalue weighted by atomic mass is 32.2. The van der Waals surface area contributed by atoms with Crippen LogP contribution in [0, 0.1) is 13.8 Å². The van der Waals surface area contributed by atoms with Gasteiger partial charge in [0.1, 0.15) is 0 Å². The maximum atomic E-state index is 5.60. The lowest BCUT2D eigenvalue weighted by molar-refractivity contribution is 0.938. The molecule has 2 aromatic rings. The van der Waals surface area contributed by atoms with E-state index in [9.17, 15) is 0 Å². The Balaban J connectivity index is 2.36. The largest absolute Gasteiger partial charge is 0.333 e. The number of aromatic amines is 1. The first-order chi connectivity index (χ1) is 7.60. The summed E-state index contributed by atoms with van der Waals surface area (Å²) in [5.74, 6) is 0. The Morgan fingerprint density at radius 1 is 1.38 bits per heavy atom. The monoisotopic (exact) mass is 235 g/mol. The van der Waals surface area contributed by atoms with Gasteiger partial charge in [-0.25, -0.2) is 4.98 Å². The molecule has 2 rings (SSSR count). The van der Waals surface area contributed by atoms with E-state index in [0.717, 1.165) is 16.2 Å². The van der Waals surface area contributed by atoms with E-state index in [1.54, 1.807) is 11.8 Å². The van der Waals surface area contributed by atoms with Gasteiger partial charge in [0, 0.05) is 11.8 Å². The molecule has 1 heterocycles. The SMILES string of the molecule is Cc1cc2nc(SC(C)CN)[nH]c2cc1C. The minimum Gasteiger partial charge on any atom is -0.333 e. The summed E-state index contributed by atoms with van der Waals surface area (Å²) in [5.41, 5.74) is 10.3. The number of fused-ring (bicyclic) bond motifs is 1. The van der Waals surface area contributed by atoms with Crippen molar-refractivity contribution in [1.82, 2.24) is 9.97 Å². The molecule has 1 aromatic heterocycles. The Kier molecular flexibility index (Phi) is 3.21. The lowest BCUT2D eigenvalue weighted by Gasteiger charge is -2.03. The highest BCUT2D eigenvalue weighted by Gasteiger charge is 2.08. The van der Waals surface area contributed by atoms with Crippen molar-refractivity contribution in [2.45, 2.75) is 31.2 Å². The Bertz CT molecular complexity index is 465. The summed E-state index contributed by atoms with van der Waals surface area (Å²) in [5, 5.41) is 1.35. The van der Waals surface area contributed by atoms with Gasteiger partial charge in [0.2, 0.25) is 0 Å². The fourth-order valence-electron chi connectivity index (χ4n) is 1.54. The first-order valence-corrected chi connectivity index (χ1v) is 6.32. The third-order valence-corrected chi connectivity index (χ3v) is 3.73. The molecule has 0 saturated carbocycles. The van der Waals surface area contributed by atoms with Gasteiger partial charge < -0.3 is 10.7 Å². The second-order valence-electron chi connectivity index (χ2n) is 4.16. The van der Waals surface area contributed by atoms with E-state index in [0.29, 0.717) is 11.8 Å². The smallest absolute Gasteiger partial charge is 0.166 e. The van der Waals surface area contributed by atoms with Gasteiger partial charge in [-0.15, -0.1) is 0 Å². The molecule has 0 bridgehead atoms. The van der Waals surface area contributed by atoms with Gasteiger partial charge in [-0.3, -0.25) is 0 Å². The van der Waals surface area contributed by atoms with Crippen LogP contribution in [0.4, 0.5) is 0 Å². The van der Waals surface area contributed by atoms with E-state index in [1.807, 2.05) is 0 Å². The zero-order valence-corrected chi connectivity index (χ0v) is 10.7. The molecule has 0 saturated heterocycles. The summed E-state index contributed by atoms with van der Waals surface area (Å²) in [6, 6.07) is 4.27. The summed E-state index contributed by atoms with van der Waals surface area (Å²) in [6.07, 6.45) is 0. The summed E-state index contributed by atoms with van der Waals surface area (Å²) in [7, 11) is 0. The number of imidazole rings is 1. The zero-order chi connectivity index (χ0) is 11.7. The van der Waals surface area contributed by atoms with Gasteiger partial charge in [0.15, 0.2) is 5.16 Å². The van der Waals surface area contributed by atoms with Gasteiger partial charge in [0.25, 0.3) is 0 Å². The topological polar surface area (TPSA) is 54.7 Å². The number of thioether (sulfide) groups is 1. The number of rotatable bonds is 3. The number of nitrogens with zero attached hydrogens (tertiary/aromatic N) is 1. The molecule has 16 heavy (non-hydrogen) atoms. The highest BCUT2D eigenvalue weighted by molar-refractivity contribution is 7.99. The first kappa shape index (κ1) is 11.5. The van der Waals surface area contributed by atoms with Crippen LogP contribution in [0.5, 0.6) is 0 Å². The van der Waals surface area contributed by atoms with E-state index in [2.05, 4.69) is 42.9 Å². The van der Waals surface area contributed by atoms with Crippen LogP contribution < -0.4 is 5.73 Å². The van der Waals surface area contributed by atoms with Crippen molar-refractivity contribution >= 4 is 22.8 Å². The van der Waals surface area contributed by atoms with Crippen molar-refractivity contribution in [2.75, 3.05) is 6.54 Å². The Labute approximate surface area is 99.8 Å². The quantitative estimate of drug-likeness (QED) is 0.804. The molecule has 3 nitrogen and oxygen atoms in total. The number of hydrogen-bond acceptors (Lipinski definition) is 3. The molecule has 0 spiro atoms. The Morgan fingerprint density at radius 2 is 2.06 bits per heavy atom. The molecule has 1 unspecified atom stereocenters. The normalized spacial score (nSPS) is 13.2. The van der Waals surface area contributed by atoms with E-state index in [4.69, 9.17) is 5.73 Å². The van der Waals surface area contributed by atoms with Crippen LogP contribution in [0.15, 0.2) is 17.3 Å². The molecule has 0 radical (unpaired) electrons. The third kappa shape index (κ3) is 2.23. The van der Waals surface area contributed by atoms with Crippen molar-refractivity contribution in [3.05, 3.63) is 23.3 Å². The standard InChI is InChI=1S/C12H17N3S/c1-7-4-10-11(5-8(7)2)15-12(14-10)16-9(3)6-13/h4-5,9H,6,13H2,1-3H3,(H,14,15). The Hall–Kier alpha value is -1.00. The van der Waals surface area contributed by atoms with Gasteiger partial charge in [0.05, 0.1) is 11.0 Å². The number of benzene rings is 1. The van der Waals surface area contributed by atoms with Crippen LogP contribution >= 0.6 is 11.8 Å². The molecular weight excluding hydrogens is 218 g/mol. The Morgan fingerprint density at radius 3 is 2.75 bits per heavy atom. The van der Waals surface area contributed by atoms with Crippen molar-refractivity contribution in [3.8, 4) is 0 Å². The summed E-state index contributed by atoms with van der Waals surface area (Å²) >= 11 is 1.69. The average Bonchev–Trinajstić information content (AvgIpc) is 2.60. The van der Waals surface area contributed by atoms with Gasteiger partial charge >= 0.3 is 0 Å². The summed E-state index contributed by atoms with van der Waals surface area (Å²) < 4.78 is 0. The summed E-state index contributed by atoms with van der Waals surface area (Å²) in [4.78, 5) is 7.88. The molecule has 0 aliphatic rings. The van der Waals surface area contributed by atoms with Crippen molar-refractivity contribution in [3.63, 3.8) is 0 Å². The number of aromatic nitrogens is 2. The molecule has 3 N–H and O–H groups in total. The average molecular weight is 235 g/mol. The summed E-state index contributed by atoms with van der Waals surface area (Å²) in [6.45, 7) is 7.00. The third-order valence-electron chi connectivity index (χ3n) is 2.72. The molecular formula is C12H17N3S. The lowest BCUT2D eigenvalue weighted by atomic mass is 10.1. The fourth-order valence-corrected chi connectivity index (χ4v) is 2.34. The molecule has 0 fully saturated rings. The minimum atomic E-state index is 0.391. The molecule has 0 aliphatic heterocycles. The fraction of sp³-hybridized carbons (Fsp3) is 0.417. The number of hydrogen-bond donors (Lipinski definition) is 2. The number of nitrogens with two attached hydrogens (primary N) is 1. The van der Waals surface area contributed by atoms with Crippen LogP contribution in [0.25, 0.3) is 11.0 Å². The van der Waals surface area contributed by atoms with Crippen LogP contribution in [0.2, 0.25) is 0 Å². The molecule has 0 aliphatic carbocycles. The number of H-pyrrole nitrogens is 1. The molecule has 0 amide bonds. The van der Waals surface area contributed by atoms with E-state index < -0.39 is 0 Å². The van der Waals surface area contributed by atoms with Gasteiger partial charge in [-0.05, 0) is 37.1 Å². The predicted molar refractivity (Wildman–Crippen MR) is 69.9 cm³/mol. The second kappa shape index (κ2) is 4.47. The minimum absolute atomic E-state index is 0.391. The highest BCUT2D eigenvalue weighted by Crippen LogP contribution is 2.24. The van der Waals surface area contributed by atoms with Crippen molar-refractivity contribution in [1.29, 1.82) is 0 Å². The van der Waals surface area contributed by atoms with Crippen LogP contribution in [-0.2, 0) is 0 Å². The zero-order valence-electron chi connectivity index (χ0n) is 9.87. The van der Waals surface area contributed by atoms with E-state index in [1.165, 1.54) is 11.1 Å².